The number of piperidine rings is 1. The topological polar surface area (TPSA) is 117 Å². The Balaban J connectivity index is 1.51. The van der Waals surface area contributed by atoms with E-state index in [-0.39, 0.29) is 16.6 Å². The maximum absolute atomic E-state index is 13.4. The Labute approximate surface area is 228 Å². The molecule has 1 aromatic heterocycles. The van der Waals surface area contributed by atoms with Crippen LogP contribution < -0.4 is 5.32 Å². The number of ether oxygens (including phenoxy) is 1. The van der Waals surface area contributed by atoms with E-state index in [4.69, 9.17) is 9.84 Å². The predicted octanol–water partition coefficient (Wildman–Crippen LogP) is 3.92. The fourth-order valence-electron chi connectivity index (χ4n) is 4.90. The lowest BCUT2D eigenvalue weighted by Gasteiger charge is -2.26. The number of aromatic nitrogens is 2. The van der Waals surface area contributed by atoms with Crippen LogP contribution in [-0.2, 0) is 19.6 Å². The number of rotatable bonds is 8. The quantitative estimate of drug-likeness (QED) is 0.339. The zero-order chi connectivity index (χ0) is 27.2. The minimum atomic E-state index is -3.65. The number of nitrogens with one attached hydrogen (secondary N) is 1. The summed E-state index contributed by atoms with van der Waals surface area (Å²) in [6, 6.07) is 18.1. The molecule has 3 heterocycles. The molecule has 39 heavy (non-hydrogen) atoms. The van der Waals surface area contributed by atoms with Gasteiger partial charge in [0.2, 0.25) is 10.0 Å². The summed E-state index contributed by atoms with van der Waals surface area (Å²) in [4.78, 5) is 13.0. The Kier molecular flexibility index (Phi) is 8.21. The normalized spacial score (nSPS) is 18.5. The molecule has 3 aromatic rings. The van der Waals surface area contributed by atoms with Gasteiger partial charge in [-0.05, 0) is 56.0 Å². The number of benzene rings is 2. The molecule has 0 aliphatic carbocycles. The number of hydrogen-bond acceptors (Lipinski definition) is 6. The van der Waals surface area contributed by atoms with Gasteiger partial charge < -0.3 is 10.1 Å². The molecule has 1 N–H and O–H groups in total. The van der Waals surface area contributed by atoms with Gasteiger partial charge in [0.1, 0.15) is 17.3 Å². The minimum absolute atomic E-state index is 0.0464. The highest BCUT2D eigenvalue weighted by molar-refractivity contribution is 7.89. The molecule has 5 rings (SSSR count). The van der Waals surface area contributed by atoms with Crippen LogP contribution in [0.25, 0.3) is 23.0 Å². The first-order valence-electron chi connectivity index (χ1n) is 13.2. The van der Waals surface area contributed by atoms with Gasteiger partial charge in [-0.15, -0.1) is 0 Å². The first-order valence-corrected chi connectivity index (χ1v) is 14.7. The van der Waals surface area contributed by atoms with Crippen LogP contribution in [0.15, 0.2) is 71.3 Å². The van der Waals surface area contributed by atoms with Crippen LogP contribution in [0.4, 0.5) is 0 Å². The van der Waals surface area contributed by atoms with Crippen molar-refractivity contribution < 1.29 is 17.9 Å². The largest absolute Gasteiger partial charge is 0.376 e. The van der Waals surface area contributed by atoms with Crippen LogP contribution in [0.3, 0.4) is 0 Å². The van der Waals surface area contributed by atoms with E-state index in [1.54, 1.807) is 35.1 Å². The number of nitrogens with zero attached hydrogens (tertiary/aromatic N) is 4. The van der Waals surface area contributed by atoms with E-state index in [0.29, 0.717) is 43.1 Å². The average Bonchev–Trinajstić information content (AvgIpc) is 3.66. The first-order chi connectivity index (χ1) is 19.0. The molecule has 2 aliphatic heterocycles. The Hall–Kier alpha value is -3.78. The van der Waals surface area contributed by atoms with Crippen molar-refractivity contribution >= 4 is 22.0 Å². The molecule has 2 aliphatic rings. The summed E-state index contributed by atoms with van der Waals surface area (Å²) in [5.41, 5.74) is 2.28. The van der Waals surface area contributed by atoms with Crippen LogP contribution in [0.1, 0.15) is 37.7 Å². The van der Waals surface area contributed by atoms with Crippen molar-refractivity contribution in [1.29, 1.82) is 5.26 Å². The van der Waals surface area contributed by atoms with E-state index >= 15 is 0 Å². The number of sulfonamides is 1. The molecule has 202 valence electrons. The standard InChI is InChI=1S/C29H31N5O4S/c30-19-23(29(35)31-20-26-12-8-16-38-26)17-24-21-34(25-10-3-1-4-11-25)32-28(24)22-9-7-13-27(18-22)39(36,37)33-14-5-2-6-15-33/h1,3-4,7,9-11,13,17-18,21,26H,2,5-6,8,12,14-16,20H2,(H,31,35)/b23-17-/t26-/m0/s1. The lowest BCUT2D eigenvalue weighted by atomic mass is 10.1. The van der Waals surface area contributed by atoms with Crippen molar-refractivity contribution in [1.82, 2.24) is 19.4 Å². The molecule has 2 saturated heterocycles. The van der Waals surface area contributed by atoms with Crippen LogP contribution in [0.2, 0.25) is 0 Å². The smallest absolute Gasteiger partial charge is 0.262 e. The van der Waals surface area contributed by atoms with Crippen molar-refractivity contribution in [2.75, 3.05) is 26.2 Å². The summed E-state index contributed by atoms with van der Waals surface area (Å²) in [7, 11) is -3.65. The highest BCUT2D eigenvalue weighted by atomic mass is 32.2. The highest BCUT2D eigenvalue weighted by Gasteiger charge is 2.27. The highest BCUT2D eigenvalue weighted by Crippen LogP contribution is 2.29. The van der Waals surface area contributed by atoms with Gasteiger partial charge in [0, 0.05) is 43.6 Å². The fourth-order valence-corrected chi connectivity index (χ4v) is 6.46. The van der Waals surface area contributed by atoms with Gasteiger partial charge in [-0.3, -0.25) is 4.79 Å². The summed E-state index contributed by atoms with van der Waals surface area (Å²) in [6.07, 6.45) is 7.74. The molecule has 2 fully saturated rings. The summed E-state index contributed by atoms with van der Waals surface area (Å²) in [6.45, 7) is 2.03. The second-order valence-corrected chi connectivity index (χ2v) is 11.7. The molecule has 9 nitrogen and oxygen atoms in total. The molecule has 0 saturated carbocycles. The van der Waals surface area contributed by atoms with E-state index in [9.17, 15) is 18.5 Å². The average molecular weight is 546 g/mol. The Morgan fingerprint density at radius 3 is 2.62 bits per heavy atom. The van der Waals surface area contributed by atoms with E-state index in [1.165, 1.54) is 10.4 Å². The van der Waals surface area contributed by atoms with Gasteiger partial charge in [0.05, 0.1) is 16.7 Å². The predicted molar refractivity (Wildman–Crippen MR) is 147 cm³/mol. The molecule has 0 unspecified atom stereocenters. The maximum atomic E-state index is 13.4. The Morgan fingerprint density at radius 2 is 1.90 bits per heavy atom. The first kappa shape index (κ1) is 26.8. The number of hydrogen-bond donors (Lipinski definition) is 1. The van der Waals surface area contributed by atoms with Crippen LogP contribution in [0, 0.1) is 11.3 Å². The third kappa shape index (κ3) is 6.11. The summed E-state index contributed by atoms with van der Waals surface area (Å²) >= 11 is 0. The molecule has 10 heteroatoms. The Morgan fingerprint density at radius 1 is 1.10 bits per heavy atom. The third-order valence-electron chi connectivity index (χ3n) is 7.00. The lowest BCUT2D eigenvalue weighted by Crippen LogP contribution is -2.35. The van der Waals surface area contributed by atoms with Gasteiger partial charge >= 0.3 is 0 Å². The molecule has 1 atom stereocenters. The third-order valence-corrected chi connectivity index (χ3v) is 8.90. The second-order valence-electron chi connectivity index (χ2n) is 9.72. The van der Waals surface area contributed by atoms with Crippen molar-refractivity contribution in [3.8, 4) is 23.0 Å². The number of nitriles is 1. The zero-order valence-electron chi connectivity index (χ0n) is 21.6. The molecule has 2 aromatic carbocycles. The van der Waals surface area contributed by atoms with Crippen LogP contribution >= 0.6 is 0 Å². The molecular formula is C29H31N5O4S. The van der Waals surface area contributed by atoms with Gasteiger partial charge in [-0.2, -0.15) is 14.7 Å². The van der Waals surface area contributed by atoms with E-state index in [2.05, 4.69) is 5.32 Å². The number of carbonyl (C=O) groups is 1. The van der Waals surface area contributed by atoms with Crippen molar-refractivity contribution in [3.63, 3.8) is 0 Å². The van der Waals surface area contributed by atoms with Crippen LogP contribution in [-0.4, -0.2) is 60.8 Å². The monoisotopic (exact) mass is 545 g/mol. The Bertz CT molecular complexity index is 1500. The van der Waals surface area contributed by atoms with Crippen molar-refractivity contribution in [2.45, 2.75) is 43.1 Å². The number of amides is 1. The molecule has 0 spiro atoms. The molecule has 0 bridgehead atoms. The minimum Gasteiger partial charge on any atom is -0.376 e. The van der Waals surface area contributed by atoms with Gasteiger partial charge in [0.25, 0.3) is 5.91 Å². The number of carbonyl (C=O) groups excluding carboxylic acids is 1. The fraction of sp³-hybridized carbons (Fsp3) is 0.345. The van der Waals surface area contributed by atoms with Gasteiger partial charge in [-0.25, -0.2) is 13.1 Å². The summed E-state index contributed by atoms with van der Waals surface area (Å²) < 4.78 is 35.5. The second kappa shape index (κ2) is 11.9. The van der Waals surface area contributed by atoms with E-state index in [0.717, 1.165) is 37.8 Å². The molecular weight excluding hydrogens is 514 g/mol. The summed E-state index contributed by atoms with van der Waals surface area (Å²) in [5.74, 6) is -0.493. The lowest BCUT2D eigenvalue weighted by molar-refractivity contribution is -0.117. The number of para-hydroxylation sites is 1. The van der Waals surface area contributed by atoms with Gasteiger partial charge in [-0.1, -0.05) is 36.8 Å². The van der Waals surface area contributed by atoms with E-state index < -0.39 is 15.9 Å². The maximum Gasteiger partial charge on any atom is 0.262 e. The van der Waals surface area contributed by atoms with Crippen LogP contribution in [0.5, 0.6) is 0 Å². The zero-order valence-corrected chi connectivity index (χ0v) is 22.4. The SMILES string of the molecule is N#C/C(=C/c1cn(-c2ccccc2)nc1-c1cccc(S(=O)(=O)N2CCCCC2)c1)C(=O)NC[C@@H]1CCCO1. The summed E-state index contributed by atoms with van der Waals surface area (Å²) in [5, 5.41) is 17.3. The molecule has 1 amide bonds. The van der Waals surface area contributed by atoms with Gasteiger partial charge in [0.15, 0.2) is 0 Å². The van der Waals surface area contributed by atoms with Crippen molar-refractivity contribution in [2.24, 2.45) is 0 Å². The van der Waals surface area contributed by atoms with E-state index in [1.807, 2.05) is 36.4 Å². The van der Waals surface area contributed by atoms with Crippen molar-refractivity contribution in [3.05, 3.63) is 71.9 Å². The molecule has 0 radical (unpaired) electrons.